The van der Waals surface area contributed by atoms with Crippen molar-refractivity contribution >= 4 is 28.5 Å². The minimum Gasteiger partial charge on any atom is -0.496 e. The van der Waals surface area contributed by atoms with Crippen LogP contribution in [0.25, 0.3) is 10.9 Å². The first-order valence-corrected chi connectivity index (χ1v) is 7.67. The Bertz CT molecular complexity index is 942. The Morgan fingerprint density at radius 1 is 1.04 bits per heavy atom. The minimum absolute atomic E-state index is 0.244. The third-order valence-electron chi connectivity index (χ3n) is 4.06. The van der Waals surface area contributed by atoms with Gasteiger partial charge < -0.3 is 19.4 Å². The average Bonchev–Trinajstić information content (AvgIpc) is 2.98. The molecule has 0 fully saturated rings. The Labute approximate surface area is 145 Å². The molecule has 2 aromatic carbocycles. The molecule has 1 heterocycles. The van der Waals surface area contributed by atoms with Gasteiger partial charge in [-0.15, -0.1) is 0 Å². The highest BCUT2D eigenvalue weighted by Gasteiger charge is 2.16. The number of rotatable bonds is 4. The third kappa shape index (κ3) is 3.06. The molecule has 0 spiro atoms. The number of hydrogen-bond donors (Lipinski definition) is 1. The summed E-state index contributed by atoms with van der Waals surface area (Å²) < 4.78 is 11.8. The Kier molecular flexibility index (Phi) is 4.43. The molecule has 6 heteroatoms. The summed E-state index contributed by atoms with van der Waals surface area (Å²) in [4.78, 5) is 24.1. The van der Waals surface area contributed by atoms with Crippen LogP contribution < -0.4 is 10.1 Å². The van der Waals surface area contributed by atoms with Crippen LogP contribution in [0.2, 0.25) is 0 Å². The van der Waals surface area contributed by atoms with Crippen LogP contribution in [-0.4, -0.2) is 30.7 Å². The number of benzene rings is 2. The number of hydrogen-bond acceptors (Lipinski definition) is 4. The molecule has 0 atom stereocenters. The highest BCUT2D eigenvalue weighted by atomic mass is 16.5. The summed E-state index contributed by atoms with van der Waals surface area (Å²) in [6, 6.07) is 14.0. The van der Waals surface area contributed by atoms with Gasteiger partial charge in [-0.2, -0.15) is 0 Å². The molecule has 0 radical (unpaired) electrons. The van der Waals surface area contributed by atoms with E-state index in [1.54, 1.807) is 37.4 Å². The molecular formula is C19H18N2O4. The number of nitrogens with zero attached hydrogens (tertiary/aromatic N) is 1. The molecule has 25 heavy (non-hydrogen) atoms. The smallest absolute Gasteiger partial charge is 0.337 e. The molecule has 1 aromatic heterocycles. The van der Waals surface area contributed by atoms with Gasteiger partial charge in [0, 0.05) is 18.1 Å². The number of aromatic nitrogens is 1. The van der Waals surface area contributed by atoms with Gasteiger partial charge in [0.25, 0.3) is 5.91 Å². The molecule has 0 saturated heterocycles. The zero-order valence-corrected chi connectivity index (χ0v) is 14.2. The van der Waals surface area contributed by atoms with Crippen LogP contribution in [0.5, 0.6) is 5.75 Å². The summed E-state index contributed by atoms with van der Waals surface area (Å²) >= 11 is 0. The normalized spacial score (nSPS) is 10.5. The lowest BCUT2D eigenvalue weighted by Gasteiger charge is -2.07. The molecule has 1 amide bonds. The van der Waals surface area contributed by atoms with Crippen molar-refractivity contribution in [2.45, 2.75) is 0 Å². The van der Waals surface area contributed by atoms with Gasteiger partial charge >= 0.3 is 5.97 Å². The molecule has 0 aliphatic rings. The van der Waals surface area contributed by atoms with E-state index in [1.807, 2.05) is 29.8 Å². The third-order valence-corrected chi connectivity index (χ3v) is 4.06. The van der Waals surface area contributed by atoms with Gasteiger partial charge in [0.2, 0.25) is 0 Å². The zero-order chi connectivity index (χ0) is 18.0. The zero-order valence-electron chi connectivity index (χ0n) is 14.2. The number of carbonyl (C=O) groups excluding carboxylic acids is 2. The summed E-state index contributed by atoms with van der Waals surface area (Å²) in [5.74, 6) is 0.0554. The van der Waals surface area contributed by atoms with E-state index < -0.39 is 5.97 Å². The Balaban J connectivity index is 1.87. The van der Waals surface area contributed by atoms with E-state index in [2.05, 4.69) is 10.1 Å². The SMILES string of the molecule is COC(=O)c1ccc(NC(=O)c2cc3c(OC)cccc3n2C)cc1. The number of fused-ring (bicyclic) bond motifs is 1. The van der Waals surface area contributed by atoms with Crippen molar-refractivity contribution in [3.63, 3.8) is 0 Å². The number of amides is 1. The van der Waals surface area contributed by atoms with E-state index in [4.69, 9.17) is 4.74 Å². The first-order chi connectivity index (χ1) is 12.0. The quantitative estimate of drug-likeness (QED) is 0.742. The number of carbonyl (C=O) groups is 2. The van der Waals surface area contributed by atoms with E-state index in [1.165, 1.54) is 7.11 Å². The summed E-state index contributed by atoms with van der Waals surface area (Å²) in [6.45, 7) is 0. The molecule has 0 saturated carbocycles. The second-order valence-electron chi connectivity index (χ2n) is 5.50. The Morgan fingerprint density at radius 3 is 2.40 bits per heavy atom. The van der Waals surface area contributed by atoms with E-state index in [0.717, 1.165) is 16.7 Å². The van der Waals surface area contributed by atoms with Crippen molar-refractivity contribution in [2.75, 3.05) is 19.5 Å². The molecule has 1 N–H and O–H groups in total. The second kappa shape index (κ2) is 6.68. The fourth-order valence-corrected chi connectivity index (χ4v) is 2.73. The molecule has 0 aliphatic carbocycles. The number of anilines is 1. The molecule has 0 aliphatic heterocycles. The number of methoxy groups -OCH3 is 2. The van der Waals surface area contributed by atoms with Crippen molar-refractivity contribution in [3.8, 4) is 5.75 Å². The summed E-state index contributed by atoms with van der Waals surface area (Å²) in [5, 5.41) is 3.70. The molecule has 0 bridgehead atoms. The van der Waals surface area contributed by atoms with Crippen molar-refractivity contribution in [2.24, 2.45) is 7.05 Å². The van der Waals surface area contributed by atoms with Gasteiger partial charge in [-0.25, -0.2) is 4.79 Å². The molecular weight excluding hydrogens is 320 g/mol. The molecule has 3 aromatic rings. The van der Waals surface area contributed by atoms with Crippen LogP contribution in [0.4, 0.5) is 5.69 Å². The Hall–Kier alpha value is -3.28. The minimum atomic E-state index is -0.418. The van der Waals surface area contributed by atoms with Crippen LogP contribution in [0.15, 0.2) is 48.5 Å². The van der Waals surface area contributed by atoms with Crippen LogP contribution in [0, 0.1) is 0 Å². The average molecular weight is 338 g/mol. The molecule has 6 nitrogen and oxygen atoms in total. The lowest BCUT2D eigenvalue weighted by molar-refractivity contribution is 0.0600. The van der Waals surface area contributed by atoms with E-state index >= 15 is 0 Å². The van der Waals surface area contributed by atoms with Gasteiger partial charge in [-0.3, -0.25) is 4.79 Å². The summed E-state index contributed by atoms with van der Waals surface area (Å²) in [6.07, 6.45) is 0. The second-order valence-corrected chi connectivity index (χ2v) is 5.50. The van der Waals surface area contributed by atoms with Crippen molar-refractivity contribution in [1.82, 2.24) is 4.57 Å². The van der Waals surface area contributed by atoms with E-state index in [0.29, 0.717) is 16.9 Å². The van der Waals surface area contributed by atoms with Crippen molar-refractivity contribution < 1.29 is 19.1 Å². The number of esters is 1. The fourth-order valence-electron chi connectivity index (χ4n) is 2.73. The highest BCUT2D eigenvalue weighted by molar-refractivity contribution is 6.07. The first kappa shape index (κ1) is 16.6. The van der Waals surface area contributed by atoms with Crippen molar-refractivity contribution in [1.29, 1.82) is 0 Å². The fraction of sp³-hybridized carbons (Fsp3) is 0.158. The maximum atomic E-state index is 12.6. The maximum absolute atomic E-state index is 12.6. The number of ether oxygens (including phenoxy) is 2. The topological polar surface area (TPSA) is 69.6 Å². The summed E-state index contributed by atoms with van der Waals surface area (Å²) in [5.41, 5.74) is 2.44. The monoisotopic (exact) mass is 338 g/mol. The number of aryl methyl sites for hydroxylation is 1. The van der Waals surface area contributed by atoms with Crippen LogP contribution in [0.3, 0.4) is 0 Å². The maximum Gasteiger partial charge on any atom is 0.337 e. The van der Waals surface area contributed by atoms with Gasteiger partial charge in [0.15, 0.2) is 0 Å². The number of nitrogens with one attached hydrogen (secondary N) is 1. The summed E-state index contributed by atoms with van der Waals surface area (Å²) in [7, 11) is 4.76. The van der Waals surface area contributed by atoms with Gasteiger partial charge in [0.1, 0.15) is 11.4 Å². The van der Waals surface area contributed by atoms with Crippen LogP contribution in [0.1, 0.15) is 20.8 Å². The van der Waals surface area contributed by atoms with Gasteiger partial charge in [-0.05, 0) is 42.5 Å². The van der Waals surface area contributed by atoms with Gasteiger partial charge in [0.05, 0.1) is 25.3 Å². The Morgan fingerprint density at radius 2 is 1.76 bits per heavy atom. The predicted molar refractivity (Wildman–Crippen MR) is 95.2 cm³/mol. The standard InChI is InChI=1S/C19H18N2O4/c1-21-15-5-4-6-17(24-2)14(15)11-16(21)18(22)20-13-9-7-12(8-10-13)19(23)25-3/h4-11H,1-3H3,(H,20,22). The highest BCUT2D eigenvalue weighted by Crippen LogP contribution is 2.28. The van der Waals surface area contributed by atoms with Crippen molar-refractivity contribution in [3.05, 3.63) is 59.8 Å². The first-order valence-electron chi connectivity index (χ1n) is 7.67. The molecule has 3 rings (SSSR count). The van der Waals surface area contributed by atoms with Crippen LogP contribution in [-0.2, 0) is 11.8 Å². The molecule has 0 unspecified atom stereocenters. The van der Waals surface area contributed by atoms with Gasteiger partial charge in [-0.1, -0.05) is 6.07 Å². The predicted octanol–water partition coefficient (Wildman–Crippen LogP) is 3.23. The van der Waals surface area contributed by atoms with Crippen LogP contribution >= 0.6 is 0 Å². The molecule has 128 valence electrons. The lowest BCUT2D eigenvalue weighted by Crippen LogP contribution is -2.15. The largest absolute Gasteiger partial charge is 0.496 e. The van der Waals surface area contributed by atoms with E-state index in [9.17, 15) is 9.59 Å². The van der Waals surface area contributed by atoms with E-state index in [-0.39, 0.29) is 5.91 Å². The lowest BCUT2D eigenvalue weighted by atomic mass is 10.2.